The highest BCUT2D eigenvalue weighted by Crippen LogP contribution is 2.50. The zero-order valence-electron chi connectivity index (χ0n) is 12.2. The summed E-state index contributed by atoms with van der Waals surface area (Å²) in [7, 11) is 0. The Kier molecular flexibility index (Phi) is 3.37. The summed E-state index contributed by atoms with van der Waals surface area (Å²) in [6.07, 6.45) is 6.75. The van der Waals surface area contributed by atoms with Crippen molar-refractivity contribution in [3.8, 4) is 0 Å². The summed E-state index contributed by atoms with van der Waals surface area (Å²) in [5, 5.41) is 0. The van der Waals surface area contributed by atoms with Crippen molar-refractivity contribution in [1.82, 2.24) is 0 Å². The lowest BCUT2D eigenvalue weighted by atomic mass is 9.64. The van der Waals surface area contributed by atoms with Crippen LogP contribution in [-0.4, -0.2) is 5.78 Å². The maximum atomic E-state index is 12.3. The molecule has 104 valence electrons. The molecule has 0 N–H and O–H groups in total. The largest absolute Gasteiger partial charge is 0.299 e. The van der Waals surface area contributed by atoms with E-state index in [-0.39, 0.29) is 5.41 Å². The zero-order valence-corrected chi connectivity index (χ0v) is 12.2. The van der Waals surface area contributed by atoms with Crippen LogP contribution in [0.5, 0.6) is 0 Å². The van der Waals surface area contributed by atoms with Gasteiger partial charge in [-0.2, -0.15) is 0 Å². The van der Waals surface area contributed by atoms with E-state index in [2.05, 4.69) is 43.8 Å². The lowest BCUT2D eigenvalue weighted by Crippen LogP contribution is -2.31. The second-order valence-electron chi connectivity index (χ2n) is 6.52. The summed E-state index contributed by atoms with van der Waals surface area (Å²) in [6, 6.07) is 10.6. The predicted octanol–water partition coefficient (Wildman–Crippen LogP) is 4.49. The van der Waals surface area contributed by atoms with Crippen LogP contribution in [0, 0.1) is 11.3 Å². The molecule has 0 aromatic heterocycles. The van der Waals surface area contributed by atoms with Crippen LogP contribution in [0.1, 0.15) is 38.2 Å². The van der Waals surface area contributed by atoms with Gasteiger partial charge < -0.3 is 0 Å². The van der Waals surface area contributed by atoms with Crippen LogP contribution in [-0.2, 0) is 11.2 Å². The highest BCUT2D eigenvalue weighted by Gasteiger charge is 2.42. The van der Waals surface area contributed by atoms with Crippen LogP contribution in [0.3, 0.4) is 0 Å². The molecule has 1 saturated carbocycles. The second-order valence-corrected chi connectivity index (χ2v) is 6.52. The van der Waals surface area contributed by atoms with Gasteiger partial charge in [0.15, 0.2) is 0 Å². The third-order valence-corrected chi connectivity index (χ3v) is 5.10. The molecule has 1 aromatic rings. The minimum absolute atomic E-state index is 0.0286. The van der Waals surface area contributed by atoms with Gasteiger partial charge >= 0.3 is 0 Å². The Bertz CT molecular complexity index is 567. The normalized spacial score (nSPS) is 29.9. The number of hydrogen-bond donors (Lipinski definition) is 0. The fraction of sp³-hybridized carbons (Fsp3) is 0.421. The van der Waals surface area contributed by atoms with Crippen molar-refractivity contribution in [3.63, 3.8) is 0 Å². The molecular formula is C19H22O. The molecule has 3 rings (SSSR count). The van der Waals surface area contributed by atoms with Crippen LogP contribution < -0.4 is 0 Å². The van der Waals surface area contributed by atoms with Crippen molar-refractivity contribution < 1.29 is 4.79 Å². The van der Waals surface area contributed by atoms with Gasteiger partial charge in [-0.05, 0) is 37.7 Å². The van der Waals surface area contributed by atoms with Crippen LogP contribution in [0.4, 0.5) is 0 Å². The van der Waals surface area contributed by atoms with Crippen LogP contribution in [0.15, 0.2) is 54.1 Å². The van der Waals surface area contributed by atoms with Crippen molar-refractivity contribution in [2.45, 2.75) is 39.0 Å². The summed E-state index contributed by atoms with van der Waals surface area (Å²) in [4.78, 5) is 12.3. The number of carbonyl (C=O) groups excluding carboxylic acids is 1. The Labute approximate surface area is 121 Å². The topological polar surface area (TPSA) is 17.1 Å². The summed E-state index contributed by atoms with van der Waals surface area (Å²) in [5.74, 6) is 0.858. The maximum Gasteiger partial charge on any atom is 0.137 e. The number of ketones is 1. The Morgan fingerprint density at radius 2 is 2.05 bits per heavy atom. The first-order valence-corrected chi connectivity index (χ1v) is 7.50. The summed E-state index contributed by atoms with van der Waals surface area (Å²) >= 11 is 0. The van der Waals surface area contributed by atoms with Crippen molar-refractivity contribution in [2.24, 2.45) is 11.3 Å². The molecule has 1 heteroatoms. The van der Waals surface area contributed by atoms with E-state index in [4.69, 9.17) is 0 Å². The molecule has 1 aromatic carbocycles. The highest BCUT2D eigenvalue weighted by atomic mass is 16.1. The number of allylic oxidation sites excluding steroid dienone is 3. The molecule has 0 amide bonds. The molecule has 0 radical (unpaired) electrons. The highest BCUT2D eigenvalue weighted by molar-refractivity contribution is 5.82. The Hall–Kier alpha value is -1.63. The van der Waals surface area contributed by atoms with Crippen molar-refractivity contribution >= 4 is 5.78 Å². The fourth-order valence-corrected chi connectivity index (χ4v) is 3.87. The molecule has 1 fully saturated rings. The van der Waals surface area contributed by atoms with Crippen molar-refractivity contribution in [1.29, 1.82) is 0 Å². The van der Waals surface area contributed by atoms with E-state index in [1.54, 1.807) is 0 Å². The van der Waals surface area contributed by atoms with E-state index < -0.39 is 0 Å². The quantitative estimate of drug-likeness (QED) is 0.721. The van der Waals surface area contributed by atoms with Gasteiger partial charge in [-0.1, -0.05) is 54.1 Å². The first kappa shape index (κ1) is 13.4. The minimum atomic E-state index is 0.0286. The van der Waals surface area contributed by atoms with Gasteiger partial charge in [0.25, 0.3) is 0 Å². The number of rotatable bonds is 2. The van der Waals surface area contributed by atoms with E-state index in [1.165, 1.54) is 11.1 Å². The average molecular weight is 266 g/mol. The predicted molar refractivity (Wildman–Crippen MR) is 82.4 cm³/mol. The zero-order chi connectivity index (χ0) is 14.2. The first-order chi connectivity index (χ1) is 9.59. The number of hydrogen-bond acceptors (Lipinski definition) is 1. The van der Waals surface area contributed by atoms with Gasteiger partial charge in [0.1, 0.15) is 5.78 Å². The van der Waals surface area contributed by atoms with Crippen LogP contribution in [0.25, 0.3) is 0 Å². The number of carbonyl (C=O) groups is 1. The molecule has 1 nitrogen and oxygen atoms in total. The second kappa shape index (κ2) is 5.05. The Balaban J connectivity index is 1.98. The number of Topliss-reactive ketones (excluding diaryl/α,β-unsaturated/α-hetero) is 1. The monoisotopic (exact) mass is 266 g/mol. The van der Waals surface area contributed by atoms with Gasteiger partial charge in [-0.3, -0.25) is 4.79 Å². The fourth-order valence-electron chi connectivity index (χ4n) is 3.87. The molecule has 0 saturated heterocycles. The lowest BCUT2D eigenvalue weighted by molar-refractivity contribution is -0.119. The molecule has 0 unspecified atom stereocenters. The molecule has 2 bridgehead atoms. The van der Waals surface area contributed by atoms with Crippen molar-refractivity contribution in [2.75, 3.05) is 0 Å². The molecule has 20 heavy (non-hydrogen) atoms. The maximum absolute atomic E-state index is 12.3. The van der Waals surface area contributed by atoms with E-state index in [0.29, 0.717) is 24.5 Å². The molecular weight excluding hydrogens is 244 g/mol. The Morgan fingerprint density at radius 3 is 2.80 bits per heavy atom. The van der Waals surface area contributed by atoms with E-state index >= 15 is 0 Å². The van der Waals surface area contributed by atoms with E-state index in [1.807, 2.05) is 6.07 Å². The smallest absolute Gasteiger partial charge is 0.137 e. The molecule has 0 spiro atoms. The summed E-state index contributed by atoms with van der Waals surface area (Å²) < 4.78 is 0. The molecule has 2 aliphatic carbocycles. The minimum Gasteiger partial charge on any atom is -0.299 e. The van der Waals surface area contributed by atoms with Gasteiger partial charge in [0.05, 0.1) is 0 Å². The third-order valence-electron chi connectivity index (χ3n) is 5.10. The van der Waals surface area contributed by atoms with E-state index in [0.717, 1.165) is 24.8 Å². The Morgan fingerprint density at radius 1 is 1.30 bits per heavy atom. The summed E-state index contributed by atoms with van der Waals surface area (Å²) in [6.45, 7) is 6.37. The number of benzene rings is 1. The SMILES string of the molecule is C=C1CC(=O)C[C@]2(Cc3ccccc3)C[C@H]1CC=C2C. The van der Waals surface area contributed by atoms with Gasteiger partial charge in [-0.25, -0.2) is 0 Å². The van der Waals surface area contributed by atoms with Gasteiger partial charge in [-0.15, -0.1) is 0 Å². The molecule has 2 atom stereocenters. The third kappa shape index (κ3) is 2.37. The first-order valence-electron chi connectivity index (χ1n) is 7.50. The molecule has 0 aliphatic heterocycles. The van der Waals surface area contributed by atoms with Crippen molar-refractivity contribution in [3.05, 3.63) is 59.7 Å². The van der Waals surface area contributed by atoms with Gasteiger partial charge in [0.2, 0.25) is 0 Å². The van der Waals surface area contributed by atoms with Gasteiger partial charge in [0, 0.05) is 18.3 Å². The lowest BCUT2D eigenvalue weighted by Gasteiger charge is -2.39. The average Bonchev–Trinajstić information content (AvgIpc) is 2.51. The summed E-state index contributed by atoms with van der Waals surface area (Å²) in [5.41, 5.74) is 3.91. The molecule has 0 heterocycles. The standard InChI is InChI=1S/C19H22O/c1-14-10-18(20)13-19(11-16-6-4-3-5-7-16)12-17(14)9-8-15(19)2/h3-8,17H,1,9-13H2,2H3/t17-,19+/m1/s1. The molecule has 2 aliphatic rings. The number of fused-ring (bicyclic) bond motifs is 2. The van der Waals surface area contributed by atoms with Crippen LogP contribution in [0.2, 0.25) is 0 Å². The van der Waals surface area contributed by atoms with Crippen LogP contribution >= 0.6 is 0 Å². The van der Waals surface area contributed by atoms with E-state index in [9.17, 15) is 4.79 Å².